The van der Waals surface area contributed by atoms with Gasteiger partial charge in [-0.1, -0.05) is 26.0 Å². The van der Waals surface area contributed by atoms with E-state index in [2.05, 4.69) is 30.2 Å². The van der Waals surface area contributed by atoms with Crippen LogP contribution in [0.15, 0.2) is 29.3 Å². The Labute approximate surface area is 162 Å². The Morgan fingerprint density at radius 1 is 1.46 bits per heavy atom. The van der Waals surface area contributed by atoms with Crippen LogP contribution in [0.5, 0.6) is 0 Å². The normalized spacial score (nSPS) is 19.3. The van der Waals surface area contributed by atoms with Crippen molar-refractivity contribution in [1.29, 1.82) is 0 Å². The van der Waals surface area contributed by atoms with Crippen molar-refractivity contribution in [2.75, 3.05) is 24.7 Å². The van der Waals surface area contributed by atoms with E-state index in [4.69, 9.17) is 5.73 Å². The summed E-state index contributed by atoms with van der Waals surface area (Å²) in [4.78, 5) is 4.32. The van der Waals surface area contributed by atoms with Crippen LogP contribution >= 0.6 is 24.0 Å². The zero-order chi connectivity index (χ0) is 17.0. The zero-order valence-corrected chi connectivity index (χ0v) is 17.5. The Hall–Kier alpha value is -0.870. The third-order valence-electron chi connectivity index (χ3n) is 4.05. The van der Waals surface area contributed by atoms with Gasteiger partial charge in [-0.2, -0.15) is 4.31 Å². The SMILES string of the molecule is CC(C)c1cccc(NC(N)=NC[C@H]2CCCN2S(C)(=O)=O)c1.I. The van der Waals surface area contributed by atoms with Gasteiger partial charge in [0.1, 0.15) is 0 Å². The summed E-state index contributed by atoms with van der Waals surface area (Å²) in [5.41, 5.74) is 8.05. The summed E-state index contributed by atoms with van der Waals surface area (Å²) in [5.74, 6) is 0.753. The van der Waals surface area contributed by atoms with Gasteiger partial charge >= 0.3 is 0 Å². The third-order valence-corrected chi connectivity index (χ3v) is 5.38. The standard InChI is InChI=1S/C16H26N4O2S.HI/c1-12(2)13-6-4-7-14(10-13)19-16(17)18-11-15-8-5-9-20(15)23(3,21)22;/h4,6-7,10,12,15H,5,8-9,11H2,1-3H3,(H3,17,18,19);1H/t15-;/m1./s1. The lowest BCUT2D eigenvalue weighted by Gasteiger charge is -2.20. The number of sulfonamides is 1. The first-order chi connectivity index (χ1) is 10.8. The molecule has 0 unspecified atom stereocenters. The predicted octanol–water partition coefficient (Wildman–Crippen LogP) is 2.58. The maximum absolute atomic E-state index is 11.7. The van der Waals surface area contributed by atoms with E-state index in [1.165, 1.54) is 16.1 Å². The third kappa shape index (κ3) is 5.89. The largest absolute Gasteiger partial charge is 0.370 e. The van der Waals surface area contributed by atoms with Gasteiger partial charge < -0.3 is 11.1 Å². The maximum Gasteiger partial charge on any atom is 0.211 e. The molecule has 6 nitrogen and oxygen atoms in total. The zero-order valence-electron chi connectivity index (χ0n) is 14.4. The molecule has 1 aromatic rings. The first kappa shape index (κ1) is 21.2. The molecule has 0 bridgehead atoms. The van der Waals surface area contributed by atoms with Crippen LogP contribution in [0.2, 0.25) is 0 Å². The monoisotopic (exact) mass is 466 g/mol. The topological polar surface area (TPSA) is 87.8 Å². The van der Waals surface area contributed by atoms with Gasteiger partial charge in [0.25, 0.3) is 0 Å². The molecule has 136 valence electrons. The van der Waals surface area contributed by atoms with Gasteiger partial charge in [0.05, 0.1) is 12.8 Å². The summed E-state index contributed by atoms with van der Waals surface area (Å²) in [6.45, 7) is 5.23. The molecule has 2 rings (SSSR count). The van der Waals surface area contributed by atoms with Gasteiger partial charge in [-0.3, -0.25) is 4.99 Å². The van der Waals surface area contributed by atoms with Crippen LogP contribution in [0.25, 0.3) is 0 Å². The number of rotatable bonds is 5. The summed E-state index contributed by atoms with van der Waals surface area (Å²) in [6, 6.07) is 7.95. The van der Waals surface area contributed by atoms with E-state index in [9.17, 15) is 8.42 Å². The van der Waals surface area contributed by atoms with Crippen LogP contribution in [-0.2, 0) is 10.0 Å². The minimum atomic E-state index is -3.17. The van der Waals surface area contributed by atoms with Crippen LogP contribution in [0.1, 0.15) is 38.2 Å². The molecule has 1 atom stereocenters. The molecule has 1 heterocycles. The van der Waals surface area contributed by atoms with E-state index >= 15 is 0 Å². The highest BCUT2D eigenvalue weighted by atomic mass is 127. The van der Waals surface area contributed by atoms with Crippen molar-refractivity contribution in [2.45, 2.75) is 38.6 Å². The number of hydrogen-bond acceptors (Lipinski definition) is 3. The molecule has 1 aliphatic heterocycles. The Balaban J connectivity index is 0.00000288. The number of anilines is 1. The molecule has 1 aliphatic rings. The lowest BCUT2D eigenvalue weighted by Crippen LogP contribution is -2.37. The molecule has 1 fully saturated rings. The minimum Gasteiger partial charge on any atom is -0.370 e. The molecular weight excluding hydrogens is 439 g/mol. The number of aliphatic imine (C=N–C) groups is 1. The Kier molecular flexibility index (Phi) is 7.94. The molecular formula is C16H27IN4O2S. The summed E-state index contributed by atoms with van der Waals surface area (Å²) < 4.78 is 24.9. The average Bonchev–Trinajstić information content (AvgIpc) is 2.94. The molecule has 0 spiro atoms. The van der Waals surface area contributed by atoms with Crippen molar-refractivity contribution >= 4 is 45.6 Å². The van der Waals surface area contributed by atoms with E-state index in [1.54, 1.807) is 0 Å². The molecule has 0 aromatic heterocycles. The first-order valence-electron chi connectivity index (χ1n) is 7.91. The van der Waals surface area contributed by atoms with Gasteiger partial charge in [-0.05, 0) is 36.5 Å². The van der Waals surface area contributed by atoms with E-state index in [1.807, 2.05) is 18.2 Å². The molecule has 0 saturated carbocycles. The highest BCUT2D eigenvalue weighted by molar-refractivity contribution is 14.0. The Morgan fingerprint density at radius 2 is 2.17 bits per heavy atom. The lowest BCUT2D eigenvalue weighted by molar-refractivity contribution is 0.397. The molecule has 0 radical (unpaired) electrons. The number of benzene rings is 1. The van der Waals surface area contributed by atoms with Gasteiger partial charge in [0.2, 0.25) is 10.0 Å². The molecule has 1 aromatic carbocycles. The highest BCUT2D eigenvalue weighted by Gasteiger charge is 2.30. The van der Waals surface area contributed by atoms with Crippen LogP contribution in [0, 0.1) is 0 Å². The number of guanidine groups is 1. The van der Waals surface area contributed by atoms with E-state index < -0.39 is 10.0 Å². The van der Waals surface area contributed by atoms with Crippen molar-refractivity contribution in [1.82, 2.24) is 4.31 Å². The number of nitrogens with one attached hydrogen (secondary N) is 1. The number of nitrogens with two attached hydrogens (primary N) is 1. The second-order valence-electron chi connectivity index (χ2n) is 6.30. The van der Waals surface area contributed by atoms with Crippen molar-refractivity contribution in [3.8, 4) is 0 Å². The predicted molar refractivity (Wildman–Crippen MR) is 111 cm³/mol. The van der Waals surface area contributed by atoms with Crippen molar-refractivity contribution in [3.05, 3.63) is 29.8 Å². The molecule has 0 aliphatic carbocycles. The number of hydrogen-bond donors (Lipinski definition) is 2. The second kappa shape index (κ2) is 9.00. The van der Waals surface area contributed by atoms with Gasteiger partial charge in [-0.25, -0.2) is 8.42 Å². The van der Waals surface area contributed by atoms with Crippen molar-refractivity contribution in [3.63, 3.8) is 0 Å². The smallest absolute Gasteiger partial charge is 0.211 e. The molecule has 0 amide bonds. The number of nitrogens with zero attached hydrogens (tertiary/aromatic N) is 2. The summed E-state index contributed by atoms with van der Waals surface area (Å²) in [5, 5.41) is 3.07. The minimum absolute atomic E-state index is 0. The fourth-order valence-corrected chi connectivity index (χ4v) is 3.97. The van der Waals surface area contributed by atoms with Gasteiger partial charge in [0.15, 0.2) is 5.96 Å². The van der Waals surface area contributed by atoms with Crippen LogP contribution < -0.4 is 11.1 Å². The Morgan fingerprint density at radius 3 is 2.79 bits per heavy atom. The van der Waals surface area contributed by atoms with E-state index in [0.717, 1.165) is 18.5 Å². The first-order valence-corrected chi connectivity index (χ1v) is 9.76. The van der Waals surface area contributed by atoms with E-state index in [0.29, 0.717) is 25.0 Å². The van der Waals surface area contributed by atoms with Gasteiger partial charge in [0, 0.05) is 18.3 Å². The van der Waals surface area contributed by atoms with Crippen LogP contribution in [0.4, 0.5) is 5.69 Å². The summed E-state index contributed by atoms with van der Waals surface area (Å²) in [7, 11) is -3.17. The van der Waals surface area contributed by atoms with Gasteiger partial charge in [-0.15, -0.1) is 24.0 Å². The summed E-state index contributed by atoms with van der Waals surface area (Å²) >= 11 is 0. The van der Waals surface area contributed by atoms with Crippen molar-refractivity contribution in [2.24, 2.45) is 10.7 Å². The summed E-state index contributed by atoms with van der Waals surface area (Å²) in [6.07, 6.45) is 2.94. The van der Waals surface area contributed by atoms with Crippen molar-refractivity contribution < 1.29 is 8.42 Å². The number of halogens is 1. The molecule has 3 N–H and O–H groups in total. The fraction of sp³-hybridized carbons (Fsp3) is 0.562. The molecule has 1 saturated heterocycles. The quantitative estimate of drug-likeness (QED) is 0.397. The van der Waals surface area contributed by atoms with Crippen LogP contribution in [0.3, 0.4) is 0 Å². The molecule has 8 heteroatoms. The molecule has 24 heavy (non-hydrogen) atoms. The highest BCUT2D eigenvalue weighted by Crippen LogP contribution is 2.21. The second-order valence-corrected chi connectivity index (χ2v) is 8.24. The van der Waals surface area contributed by atoms with E-state index in [-0.39, 0.29) is 30.0 Å². The Bertz CT molecular complexity index is 676. The lowest BCUT2D eigenvalue weighted by atomic mass is 10.0. The maximum atomic E-state index is 11.7. The average molecular weight is 466 g/mol. The fourth-order valence-electron chi connectivity index (χ4n) is 2.79. The van der Waals surface area contributed by atoms with Crippen LogP contribution in [-0.4, -0.2) is 44.1 Å².